The fourth-order valence-corrected chi connectivity index (χ4v) is 2.49. The molecule has 1 unspecified atom stereocenters. The van der Waals surface area contributed by atoms with Crippen LogP contribution in [0.3, 0.4) is 0 Å². The maximum atomic E-state index is 4.29. The molecule has 0 fully saturated rings. The molecule has 0 N–H and O–H groups in total. The Balaban J connectivity index is 1.95. The van der Waals surface area contributed by atoms with Gasteiger partial charge in [0.25, 0.3) is 0 Å². The molecule has 3 heteroatoms. The number of aryl methyl sites for hydroxylation is 2. The van der Waals surface area contributed by atoms with Crippen molar-refractivity contribution in [2.45, 2.75) is 31.1 Å². The number of halogens is 1. The highest BCUT2D eigenvalue weighted by Gasteiger charge is 2.08. The number of hydrogen-bond donors (Lipinski definition) is 0. The van der Waals surface area contributed by atoms with E-state index in [0.29, 0.717) is 4.83 Å². The minimum atomic E-state index is 0.420. The van der Waals surface area contributed by atoms with Crippen LogP contribution in [-0.2, 0) is 13.0 Å². The average Bonchev–Trinajstić information content (AvgIpc) is 2.84. The molecular formula is C14H17BrN2. The van der Waals surface area contributed by atoms with E-state index in [1.807, 2.05) is 6.20 Å². The minimum Gasteiger partial charge on any atom is -0.270 e. The predicted octanol–water partition coefficient (Wildman–Crippen LogP) is 3.97. The van der Waals surface area contributed by atoms with Crippen molar-refractivity contribution < 1.29 is 0 Å². The lowest BCUT2D eigenvalue weighted by Gasteiger charge is -2.10. The number of alkyl halides is 1. The lowest BCUT2D eigenvalue weighted by atomic mass is 10.1. The van der Waals surface area contributed by atoms with Crippen LogP contribution in [0.2, 0.25) is 0 Å². The highest BCUT2D eigenvalue weighted by atomic mass is 79.9. The van der Waals surface area contributed by atoms with Crippen LogP contribution in [0.1, 0.15) is 29.4 Å². The second-order valence-electron chi connectivity index (χ2n) is 4.06. The minimum absolute atomic E-state index is 0.420. The summed E-state index contributed by atoms with van der Waals surface area (Å²) >= 11 is 3.75. The molecule has 90 valence electrons. The van der Waals surface area contributed by atoms with E-state index in [4.69, 9.17) is 0 Å². The van der Waals surface area contributed by atoms with Crippen LogP contribution in [0.15, 0.2) is 42.6 Å². The Bertz CT molecular complexity index is 450. The molecule has 1 aromatic heterocycles. The van der Waals surface area contributed by atoms with E-state index in [9.17, 15) is 0 Å². The SMILES string of the molecule is CCn1nccc1CCC(Br)c1ccccc1. The second kappa shape index (κ2) is 6.01. The Morgan fingerprint density at radius 2 is 2.00 bits per heavy atom. The number of aromatic nitrogens is 2. The standard InChI is InChI=1S/C14H17BrN2/c1-2-17-13(10-11-16-17)8-9-14(15)12-6-4-3-5-7-12/h3-7,10-11,14H,2,8-9H2,1H3. The van der Waals surface area contributed by atoms with Crippen molar-refractivity contribution in [2.75, 3.05) is 0 Å². The number of nitrogens with zero attached hydrogens (tertiary/aromatic N) is 2. The lowest BCUT2D eigenvalue weighted by Crippen LogP contribution is -2.03. The first-order chi connectivity index (χ1) is 8.31. The summed E-state index contributed by atoms with van der Waals surface area (Å²) in [7, 11) is 0. The Kier molecular flexibility index (Phi) is 4.37. The van der Waals surface area contributed by atoms with Crippen molar-refractivity contribution in [3.05, 3.63) is 53.9 Å². The van der Waals surface area contributed by atoms with E-state index in [2.05, 4.69) is 69.0 Å². The van der Waals surface area contributed by atoms with Gasteiger partial charge < -0.3 is 0 Å². The second-order valence-corrected chi connectivity index (χ2v) is 5.16. The zero-order valence-corrected chi connectivity index (χ0v) is 11.6. The molecule has 0 amide bonds. The van der Waals surface area contributed by atoms with E-state index in [0.717, 1.165) is 19.4 Å². The van der Waals surface area contributed by atoms with Gasteiger partial charge in [0.1, 0.15) is 0 Å². The van der Waals surface area contributed by atoms with Crippen molar-refractivity contribution in [2.24, 2.45) is 0 Å². The maximum Gasteiger partial charge on any atom is 0.0492 e. The molecule has 2 nitrogen and oxygen atoms in total. The van der Waals surface area contributed by atoms with Crippen LogP contribution in [0.4, 0.5) is 0 Å². The predicted molar refractivity (Wildman–Crippen MR) is 74.3 cm³/mol. The summed E-state index contributed by atoms with van der Waals surface area (Å²) < 4.78 is 2.06. The molecule has 2 rings (SSSR count). The van der Waals surface area contributed by atoms with Crippen molar-refractivity contribution in [1.29, 1.82) is 0 Å². The van der Waals surface area contributed by atoms with Gasteiger partial charge in [-0.1, -0.05) is 46.3 Å². The molecule has 0 spiro atoms. The Morgan fingerprint density at radius 3 is 2.71 bits per heavy atom. The van der Waals surface area contributed by atoms with Gasteiger partial charge >= 0.3 is 0 Å². The fraction of sp³-hybridized carbons (Fsp3) is 0.357. The Labute approximate surface area is 111 Å². The number of hydrogen-bond acceptors (Lipinski definition) is 1. The molecule has 0 aliphatic carbocycles. The third-order valence-corrected chi connectivity index (χ3v) is 3.91. The monoisotopic (exact) mass is 292 g/mol. The van der Waals surface area contributed by atoms with E-state index < -0.39 is 0 Å². The third kappa shape index (κ3) is 3.19. The van der Waals surface area contributed by atoms with E-state index in [1.54, 1.807) is 0 Å². The molecule has 0 aliphatic heterocycles. The molecule has 0 saturated heterocycles. The van der Waals surface area contributed by atoms with Gasteiger partial charge in [0.2, 0.25) is 0 Å². The molecule has 1 atom stereocenters. The van der Waals surface area contributed by atoms with Crippen molar-refractivity contribution >= 4 is 15.9 Å². The van der Waals surface area contributed by atoms with Crippen LogP contribution >= 0.6 is 15.9 Å². The summed E-state index contributed by atoms with van der Waals surface area (Å²) in [6, 6.07) is 12.6. The van der Waals surface area contributed by atoms with Crippen molar-refractivity contribution in [1.82, 2.24) is 9.78 Å². The molecule has 17 heavy (non-hydrogen) atoms. The zero-order chi connectivity index (χ0) is 12.1. The molecule has 0 bridgehead atoms. The van der Waals surface area contributed by atoms with Gasteiger partial charge in [0.15, 0.2) is 0 Å². The molecule has 1 heterocycles. The summed E-state index contributed by atoms with van der Waals surface area (Å²) in [5, 5.41) is 4.29. The summed E-state index contributed by atoms with van der Waals surface area (Å²) in [5.41, 5.74) is 2.66. The van der Waals surface area contributed by atoms with Crippen molar-refractivity contribution in [3.63, 3.8) is 0 Å². The normalized spacial score (nSPS) is 12.6. The summed E-state index contributed by atoms with van der Waals surface area (Å²) in [6.45, 7) is 3.07. The van der Waals surface area contributed by atoms with Gasteiger partial charge in [0, 0.05) is 23.3 Å². The van der Waals surface area contributed by atoms with E-state index >= 15 is 0 Å². The number of benzene rings is 1. The quantitative estimate of drug-likeness (QED) is 0.763. The smallest absolute Gasteiger partial charge is 0.0492 e. The highest BCUT2D eigenvalue weighted by Crippen LogP contribution is 2.27. The molecule has 0 saturated carbocycles. The van der Waals surface area contributed by atoms with E-state index in [-0.39, 0.29) is 0 Å². The molecule has 0 aliphatic rings. The van der Waals surface area contributed by atoms with Crippen molar-refractivity contribution in [3.8, 4) is 0 Å². The van der Waals surface area contributed by atoms with E-state index in [1.165, 1.54) is 11.3 Å². The van der Waals surface area contributed by atoms with Crippen LogP contribution < -0.4 is 0 Å². The molecular weight excluding hydrogens is 276 g/mol. The van der Waals surface area contributed by atoms with Gasteiger partial charge in [-0.25, -0.2) is 0 Å². The summed E-state index contributed by atoms with van der Waals surface area (Å²) in [4.78, 5) is 0.420. The Morgan fingerprint density at radius 1 is 1.24 bits per heavy atom. The van der Waals surface area contributed by atoms with Gasteiger partial charge in [-0.15, -0.1) is 0 Å². The number of rotatable bonds is 5. The summed E-state index contributed by atoms with van der Waals surface area (Å²) in [6.07, 6.45) is 4.03. The van der Waals surface area contributed by atoms with Crippen LogP contribution in [0.25, 0.3) is 0 Å². The summed E-state index contributed by atoms with van der Waals surface area (Å²) in [5.74, 6) is 0. The van der Waals surface area contributed by atoms with Crippen LogP contribution in [0, 0.1) is 0 Å². The topological polar surface area (TPSA) is 17.8 Å². The largest absolute Gasteiger partial charge is 0.270 e. The van der Waals surface area contributed by atoms with Gasteiger partial charge in [0.05, 0.1) is 0 Å². The average molecular weight is 293 g/mol. The van der Waals surface area contributed by atoms with Gasteiger partial charge in [-0.3, -0.25) is 4.68 Å². The maximum absolute atomic E-state index is 4.29. The highest BCUT2D eigenvalue weighted by molar-refractivity contribution is 9.09. The first-order valence-electron chi connectivity index (χ1n) is 6.01. The van der Waals surface area contributed by atoms with Gasteiger partial charge in [-0.2, -0.15) is 5.10 Å². The fourth-order valence-electron chi connectivity index (χ4n) is 1.96. The first kappa shape index (κ1) is 12.4. The molecule has 1 aromatic carbocycles. The molecule has 0 radical (unpaired) electrons. The Hall–Kier alpha value is -1.09. The lowest BCUT2D eigenvalue weighted by molar-refractivity contribution is 0.609. The zero-order valence-electron chi connectivity index (χ0n) is 10.0. The van der Waals surface area contributed by atoms with Gasteiger partial charge in [-0.05, 0) is 31.4 Å². The van der Waals surface area contributed by atoms with Crippen LogP contribution in [-0.4, -0.2) is 9.78 Å². The third-order valence-electron chi connectivity index (χ3n) is 2.92. The van der Waals surface area contributed by atoms with Crippen LogP contribution in [0.5, 0.6) is 0 Å². The first-order valence-corrected chi connectivity index (χ1v) is 6.92. The molecule has 2 aromatic rings.